The van der Waals surface area contributed by atoms with Crippen LogP contribution in [0.15, 0.2) is 194 Å². The summed E-state index contributed by atoms with van der Waals surface area (Å²) in [5.74, 6) is 1.50. The second-order valence-corrected chi connectivity index (χ2v) is 40.4. The molecular formula is C98H149ClF2N2OS. The fourth-order valence-corrected chi connectivity index (χ4v) is 11.9. The standard InChI is InChI=1S/2C11H16.C10H13Cl.2C10H13F.C10H21N.C10H14.C9H13N.C9H18O.C8H12S/c2*1-9-6-5-7-10(8-9)11(2,3)4;2*1-10(2,3)8-4-6-9(11)7-5-8;1-10(2,3)8-5-4-6-9(11)7-8;1-10(2,3)9-5-7-11(4)8-6-9;1-10(2,3)9-7-5-4-6-8-9;1-9(2,3)8-5-4-6-10-7-8;1-9(2,3)8-4-6-10-7-5-8;1-8(2,3)7-5-4-6-9-7/h2*5-8H,1-4H3;3*4-7H,1-3H3;9H,5-8H2,1-4H3;4-8H,1-3H3;4-7H,1-3H3;8H,4-7H2,1-3H3;4-6H,1-3H3. The van der Waals surface area contributed by atoms with Crippen LogP contribution in [-0.4, -0.2) is 43.2 Å². The van der Waals surface area contributed by atoms with Crippen LogP contribution >= 0.6 is 22.9 Å². The van der Waals surface area contributed by atoms with Crippen molar-refractivity contribution in [2.75, 3.05) is 33.4 Å². The number of aryl methyl sites for hydroxylation is 2. The van der Waals surface area contributed by atoms with E-state index in [0.717, 1.165) is 35.6 Å². The van der Waals surface area contributed by atoms with Gasteiger partial charge in [-0.15, -0.1) is 11.3 Å². The molecule has 2 fully saturated rings. The molecule has 0 bridgehead atoms. The second-order valence-electron chi connectivity index (χ2n) is 39.0. The molecule has 2 aromatic heterocycles. The normalized spacial score (nSPS) is 14.0. The van der Waals surface area contributed by atoms with Gasteiger partial charge in [0.15, 0.2) is 0 Å². The Hall–Kier alpha value is -5.76. The summed E-state index contributed by atoms with van der Waals surface area (Å²) in [6.45, 7) is 75.3. The van der Waals surface area contributed by atoms with E-state index in [4.69, 9.17) is 16.3 Å². The van der Waals surface area contributed by atoms with E-state index in [1.54, 1.807) is 18.3 Å². The van der Waals surface area contributed by atoms with Crippen LogP contribution in [0.4, 0.5) is 8.78 Å². The zero-order chi connectivity index (χ0) is 80.6. The topological polar surface area (TPSA) is 25.4 Å². The minimum Gasteiger partial charge on any atom is -0.381 e. The lowest BCUT2D eigenvalue weighted by molar-refractivity contribution is 0.0286. The molecule has 2 aliphatic rings. The van der Waals surface area contributed by atoms with Crippen molar-refractivity contribution in [1.29, 1.82) is 0 Å². The summed E-state index contributed by atoms with van der Waals surface area (Å²) in [6.07, 6.45) is 9.00. The number of piperidine rings is 1. The summed E-state index contributed by atoms with van der Waals surface area (Å²) < 4.78 is 30.5. The van der Waals surface area contributed by atoms with Gasteiger partial charge in [0.2, 0.25) is 0 Å². The molecule has 4 heterocycles. The van der Waals surface area contributed by atoms with Crippen molar-refractivity contribution in [1.82, 2.24) is 9.88 Å². The van der Waals surface area contributed by atoms with Crippen molar-refractivity contribution in [3.05, 3.63) is 265 Å². The molecule has 105 heavy (non-hydrogen) atoms. The van der Waals surface area contributed by atoms with Crippen LogP contribution in [0.25, 0.3) is 0 Å². The van der Waals surface area contributed by atoms with Crippen LogP contribution in [-0.2, 0) is 48.1 Å². The third-order valence-corrected chi connectivity index (χ3v) is 20.2. The van der Waals surface area contributed by atoms with E-state index in [2.05, 4.69) is 353 Å². The molecule has 3 nitrogen and oxygen atoms in total. The van der Waals surface area contributed by atoms with Gasteiger partial charge in [-0.2, -0.15) is 0 Å². The molecule has 0 spiro atoms. The fraction of sp³-hybridized carbons (Fsp3) is 0.541. The minimum atomic E-state index is -0.169. The maximum Gasteiger partial charge on any atom is 0.123 e. The number of aromatic nitrogens is 1. The van der Waals surface area contributed by atoms with E-state index < -0.39 is 0 Å². The maximum absolute atomic E-state index is 12.7. The number of rotatable bonds is 0. The Morgan fingerprint density at radius 2 is 0.714 bits per heavy atom. The smallest absolute Gasteiger partial charge is 0.123 e. The molecular weight excluding hydrogens is 1330 g/mol. The van der Waals surface area contributed by atoms with Gasteiger partial charge in [0, 0.05) is 35.5 Å². The monoisotopic (exact) mass is 1480 g/mol. The van der Waals surface area contributed by atoms with E-state index in [0.29, 0.717) is 21.7 Å². The number of pyridine rings is 1. The van der Waals surface area contributed by atoms with Crippen LogP contribution in [0.3, 0.4) is 0 Å². The zero-order valence-corrected chi connectivity index (χ0v) is 74.2. The zero-order valence-electron chi connectivity index (χ0n) is 72.6. The van der Waals surface area contributed by atoms with Gasteiger partial charge in [-0.05, 0) is 219 Å². The predicted molar refractivity (Wildman–Crippen MR) is 464 cm³/mol. The summed E-state index contributed by atoms with van der Waals surface area (Å²) >= 11 is 7.59. The van der Waals surface area contributed by atoms with Crippen LogP contribution in [0, 0.1) is 48.1 Å². The quantitative estimate of drug-likeness (QED) is 0.151. The van der Waals surface area contributed by atoms with Crippen molar-refractivity contribution >= 4 is 22.9 Å². The van der Waals surface area contributed by atoms with Crippen LogP contribution < -0.4 is 0 Å². The third kappa shape index (κ3) is 43.1. The number of halogens is 3. The van der Waals surface area contributed by atoms with Gasteiger partial charge >= 0.3 is 0 Å². The highest BCUT2D eigenvalue weighted by molar-refractivity contribution is 7.10. The second kappa shape index (κ2) is 44.0. The molecule has 7 heteroatoms. The Balaban J connectivity index is 0.000000584. The molecule has 0 saturated carbocycles. The Labute approximate surface area is 654 Å². The minimum absolute atomic E-state index is 0.0437. The Bertz CT molecular complexity index is 3310. The Kier molecular flexibility index (Phi) is 40.8. The number of benzene rings is 6. The lowest BCUT2D eigenvalue weighted by atomic mass is 9.75. The highest BCUT2D eigenvalue weighted by Crippen LogP contribution is 2.35. The van der Waals surface area contributed by atoms with E-state index in [9.17, 15) is 8.78 Å². The van der Waals surface area contributed by atoms with Gasteiger partial charge in [-0.3, -0.25) is 4.98 Å². The van der Waals surface area contributed by atoms with E-state index >= 15 is 0 Å². The van der Waals surface area contributed by atoms with Crippen molar-refractivity contribution in [2.24, 2.45) is 22.7 Å². The van der Waals surface area contributed by atoms with Crippen LogP contribution in [0.1, 0.15) is 288 Å². The Morgan fingerprint density at radius 3 is 0.990 bits per heavy atom. The fourth-order valence-electron chi connectivity index (χ4n) is 11.0. The van der Waals surface area contributed by atoms with Gasteiger partial charge in [-0.25, -0.2) is 8.78 Å². The first-order chi connectivity index (χ1) is 47.9. The molecule has 0 N–H and O–H groups in total. The van der Waals surface area contributed by atoms with Gasteiger partial charge in [-0.1, -0.05) is 358 Å². The highest BCUT2D eigenvalue weighted by atomic mass is 35.5. The van der Waals surface area contributed by atoms with Crippen molar-refractivity contribution in [3.63, 3.8) is 0 Å². The molecule has 0 radical (unpaired) electrons. The SMILES string of the molecule is CC(C)(C)C1CCOCC1.CC(C)(C)c1ccc(Cl)cc1.CC(C)(C)c1ccc(F)cc1.CC(C)(C)c1cccc(F)c1.CC(C)(C)c1ccccc1.CC(C)(C)c1cccnc1.CC(C)(C)c1cccs1.CN1CCC(C(C)(C)C)CC1.Cc1cccc(C(C)(C)C)c1.Cc1cccc(C(C)(C)C)c1. The van der Waals surface area contributed by atoms with Crippen LogP contribution in [0.5, 0.6) is 0 Å². The van der Waals surface area contributed by atoms with Gasteiger partial charge in [0.25, 0.3) is 0 Å². The number of ether oxygens (including phenoxy) is 1. The molecule has 0 unspecified atom stereocenters. The van der Waals surface area contributed by atoms with E-state index in [-0.39, 0.29) is 44.1 Å². The van der Waals surface area contributed by atoms with Crippen molar-refractivity contribution in [3.8, 4) is 0 Å². The first-order valence-corrected chi connectivity index (χ1v) is 39.9. The molecule has 584 valence electrons. The predicted octanol–water partition coefficient (Wildman–Crippen LogP) is 29.7. The number of hydrogen-bond acceptors (Lipinski definition) is 4. The first-order valence-electron chi connectivity index (χ1n) is 38.6. The number of likely N-dealkylation sites (tertiary alicyclic amines) is 1. The summed E-state index contributed by atoms with van der Waals surface area (Å²) in [5.41, 5.74) is 14.6. The van der Waals surface area contributed by atoms with E-state index in [1.165, 1.54) is 106 Å². The lowest BCUT2D eigenvalue weighted by Crippen LogP contribution is -2.35. The first kappa shape index (κ1) is 97.3. The third-order valence-electron chi connectivity index (χ3n) is 18.7. The largest absolute Gasteiger partial charge is 0.381 e. The van der Waals surface area contributed by atoms with E-state index in [1.807, 2.05) is 53.9 Å². The highest BCUT2D eigenvalue weighted by Gasteiger charge is 2.28. The molecule has 0 aliphatic carbocycles. The summed E-state index contributed by atoms with van der Waals surface area (Å²) in [6, 6.07) is 57.7. The summed E-state index contributed by atoms with van der Waals surface area (Å²) in [5, 5.41) is 2.93. The summed E-state index contributed by atoms with van der Waals surface area (Å²) in [4.78, 5) is 7.94. The molecule has 2 saturated heterocycles. The molecule has 8 aromatic rings. The number of thiophene rings is 1. The van der Waals surface area contributed by atoms with Crippen molar-refractivity contribution in [2.45, 2.75) is 291 Å². The van der Waals surface area contributed by atoms with Crippen molar-refractivity contribution < 1.29 is 13.5 Å². The molecule has 2 aliphatic heterocycles. The number of hydrogen-bond donors (Lipinski definition) is 0. The Morgan fingerprint density at radius 1 is 0.362 bits per heavy atom. The van der Waals surface area contributed by atoms with Gasteiger partial charge in [0.05, 0.1) is 0 Å². The molecule has 6 aromatic carbocycles. The van der Waals surface area contributed by atoms with Gasteiger partial charge < -0.3 is 9.64 Å². The maximum atomic E-state index is 12.7. The summed E-state index contributed by atoms with van der Waals surface area (Å²) in [7, 11) is 2.22. The average Bonchev–Trinajstić information content (AvgIpc) is 1.63. The average molecular weight is 1480 g/mol. The lowest BCUT2D eigenvalue weighted by Gasteiger charge is -2.37. The molecule has 0 atom stereocenters. The van der Waals surface area contributed by atoms with Crippen LogP contribution in [0.2, 0.25) is 5.02 Å². The number of nitrogens with zero attached hydrogens (tertiary/aromatic N) is 2. The van der Waals surface area contributed by atoms with Gasteiger partial charge in [0.1, 0.15) is 11.6 Å². The molecule has 0 amide bonds. The molecule has 10 rings (SSSR count).